The van der Waals surface area contributed by atoms with Crippen molar-refractivity contribution in [2.45, 2.75) is 57.0 Å². The fraction of sp³-hybridized carbons (Fsp3) is 0.619. The summed E-state index contributed by atoms with van der Waals surface area (Å²) in [6, 6.07) is 4.20. The minimum atomic E-state index is -0.807. The lowest BCUT2D eigenvalue weighted by atomic mass is 9.95. The Labute approximate surface area is 192 Å². The van der Waals surface area contributed by atoms with E-state index in [9.17, 15) is 14.7 Å². The summed E-state index contributed by atoms with van der Waals surface area (Å²) in [5, 5.41) is 16.7. The molecule has 3 rings (SSSR count). The highest BCUT2D eigenvalue weighted by Gasteiger charge is 2.40. The first-order valence-corrected chi connectivity index (χ1v) is 11.3. The maximum Gasteiger partial charge on any atom is 0.322 e. The van der Waals surface area contributed by atoms with Crippen molar-refractivity contribution in [3.8, 4) is 0 Å². The molecule has 172 valence electrons. The Morgan fingerprint density at radius 3 is 2.77 bits per heavy atom. The standard InChI is InChI=1S/C21H29Cl2N3O5/c1-2-7-24-20(28)9-15-4-6-18-19(31-15)12-30-11-14(27)10-26(18)21(29)25-13-3-5-16(22)17(23)8-13/h3,5,8,14-15,18-19,27H,2,4,6-7,9-12H2,1H3,(H,24,28)(H,25,29)/t14-,15-,18-,19+/m0/s1. The van der Waals surface area contributed by atoms with Crippen molar-refractivity contribution < 1.29 is 24.2 Å². The van der Waals surface area contributed by atoms with Crippen LogP contribution in [0.4, 0.5) is 10.5 Å². The molecule has 1 aromatic carbocycles. The predicted molar refractivity (Wildman–Crippen MR) is 119 cm³/mol. The van der Waals surface area contributed by atoms with Crippen LogP contribution < -0.4 is 10.6 Å². The monoisotopic (exact) mass is 473 g/mol. The molecule has 31 heavy (non-hydrogen) atoms. The first-order chi connectivity index (χ1) is 14.9. The normalized spacial score (nSPS) is 26.4. The van der Waals surface area contributed by atoms with Crippen LogP contribution in [-0.2, 0) is 14.3 Å². The maximum atomic E-state index is 13.1. The van der Waals surface area contributed by atoms with E-state index in [2.05, 4.69) is 10.6 Å². The number of rotatable bonds is 5. The lowest BCUT2D eigenvalue weighted by molar-refractivity contribution is -0.149. The summed E-state index contributed by atoms with van der Waals surface area (Å²) in [5.41, 5.74) is 0.506. The van der Waals surface area contributed by atoms with Gasteiger partial charge in [0.2, 0.25) is 5.91 Å². The molecule has 4 atom stereocenters. The minimum Gasteiger partial charge on any atom is -0.389 e. The summed E-state index contributed by atoms with van der Waals surface area (Å²) in [5.74, 6) is -0.0401. The Morgan fingerprint density at radius 1 is 1.23 bits per heavy atom. The van der Waals surface area contributed by atoms with E-state index >= 15 is 0 Å². The molecule has 2 fully saturated rings. The van der Waals surface area contributed by atoms with Crippen LogP contribution in [0.5, 0.6) is 0 Å². The third-order valence-corrected chi connectivity index (χ3v) is 6.14. The second-order valence-corrected chi connectivity index (χ2v) is 8.71. The number of fused-ring (bicyclic) bond motifs is 1. The second-order valence-electron chi connectivity index (χ2n) is 7.90. The smallest absolute Gasteiger partial charge is 0.322 e. The molecular weight excluding hydrogens is 445 g/mol. The number of amides is 3. The molecule has 2 aliphatic rings. The van der Waals surface area contributed by atoms with Gasteiger partial charge in [-0.25, -0.2) is 4.79 Å². The molecule has 0 aromatic heterocycles. The first kappa shape index (κ1) is 24.1. The van der Waals surface area contributed by atoms with Gasteiger partial charge >= 0.3 is 6.03 Å². The van der Waals surface area contributed by atoms with Gasteiger partial charge in [-0.1, -0.05) is 30.1 Å². The highest BCUT2D eigenvalue weighted by atomic mass is 35.5. The van der Waals surface area contributed by atoms with Crippen LogP contribution in [0.25, 0.3) is 0 Å². The molecule has 10 heteroatoms. The van der Waals surface area contributed by atoms with E-state index in [4.69, 9.17) is 32.7 Å². The van der Waals surface area contributed by atoms with Crippen molar-refractivity contribution in [1.82, 2.24) is 10.2 Å². The molecule has 3 amide bonds. The number of nitrogens with one attached hydrogen (secondary N) is 2. The van der Waals surface area contributed by atoms with Gasteiger partial charge in [0.05, 0.1) is 54.5 Å². The number of nitrogens with zero attached hydrogens (tertiary/aromatic N) is 1. The average Bonchev–Trinajstić information content (AvgIpc) is 2.72. The van der Waals surface area contributed by atoms with Crippen LogP contribution in [0.2, 0.25) is 10.0 Å². The first-order valence-electron chi connectivity index (χ1n) is 10.6. The van der Waals surface area contributed by atoms with Gasteiger partial charge in [0.15, 0.2) is 0 Å². The van der Waals surface area contributed by atoms with Crippen molar-refractivity contribution in [3.05, 3.63) is 28.2 Å². The van der Waals surface area contributed by atoms with E-state index in [-0.39, 0.29) is 56.4 Å². The van der Waals surface area contributed by atoms with E-state index in [0.717, 1.165) is 6.42 Å². The zero-order valence-corrected chi connectivity index (χ0v) is 19.0. The van der Waals surface area contributed by atoms with Crippen LogP contribution in [0.1, 0.15) is 32.6 Å². The van der Waals surface area contributed by atoms with E-state index in [1.165, 1.54) is 0 Å². The zero-order chi connectivity index (χ0) is 22.4. The van der Waals surface area contributed by atoms with E-state index in [1.54, 1.807) is 23.1 Å². The Morgan fingerprint density at radius 2 is 2.03 bits per heavy atom. The Kier molecular flexibility index (Phi) is 8.80. The lowest BCUT2D eigenvalue weighted by Crippen LogP contribution is -2.58. The Bertz CT molecular complexity index is 781. The number of β-amino-alcohol motifs (C(OH)–C–C–N with tert-alkyl or cyclic N) is 1. The summed E-state index contributed by atoms with van der Waals surface area (Å²) < 4.78 is 11.7. The number of hydrogen-bond acceptors (Lipinski definition) is 5. The largest absolute Gasteiger partial charge is 0.389 e. The molecule has 2 saturated heterocycles. The number of aliphatic hydroxyl groups excluding tert-OH is 1. The van der Waals surface area contributed by atoms with Crippen LogP contribution in [0.15, 0.2) is 18.2 Å². The lowest BCUT2D eigenvalue weighted by Gasteiger charge is -2.44. The number of urea groups is 1. The zero-order valence-electron chi connectivity index (χ0n) is 17.5. The fourth-order valence-electron chi connectivity index (χ4n) is 3.89. The molecule has 0 unspecified atom stereocenters. The SMILES string of the molecule is CCCNC(=O)C[C@@H]1CC[C@H]2[C@@H](COC[C@@H](O)CN2C(=O)Nc2ccc(Cl)c(Cl)c2)O1. The maximum absolute atomic E-state index is 13.1. The van der Waals surface area contributed by atoms with Gasteiger partial charge in [-0.3, -0.25) is 4.79 Å². The Balaban J connectivity index is 1.68. The third kappa shape index (κ3) is 6.70. The van der Waals surface area contributed by atoms with Crippen LogP contribution in [0.3, 0.4) is 0 Å². The number of ether oxygens (including phenoxy) is 2. The van der Waals surface area contributed by atoms with Gasteiger partial charge in [-0.2, -0.15) is 0 Å². The van der Waals surface area contributed by atoms with Gasteiger partial charge in [0.25, 0.3) is 0 Å². The number of carbonyl (C=O) groups is 2. The summed E-state index contributed by atoms with van der Waals surface area (Å²) in [4.78, 5) is 26.7. The van der Waals surface area contributed by atoms with E-state index in [0.29, 0.717) is 35.1 Å². The van der Waals surface area contributed by atoms with Gasteiger partial charge in [-0.15, -0.1) is 0 Å². The summed E-state index contributed by atoms with van der Waals surface area (Å²) in [6.07, 6.45) is 1.01. The van der Waals surface area contributed by atoms with Crippen molar-refractivity contribution in [2.75, 3.05) is 31.6 Å². The van der Waals surface area contributed by atoms with Crippen molar-refractivity contribution in [3.63, 3.8) is 0 Å². The van der Waals surface area contributed by atoms with Crippen molar-refractivity contribution in [2.24, 2.45) is 0 Å². The van der Waals surface area contributed by atoms with Crippen LogP contribution in [0, 0.1) is 0 Å². The molecule has 8 nitrogen and oxygen atoms in total. The number of aliphatic hydroxyl groups is 1. The number of benzene rings is 1. The molecule has 0 bridgehead atoms. The molecule has 1 aromatic rings. The predicted octanol–water partition coefficient (Wildman–Crippen LogP) is 3.05. The highest BCUT2D eigenvalue weighted by molar-refractivity contribution is 6.42. The molecular formula is C21H29Cl2N3O5. The third-order valence-electron chi connectivity index (χ3n) is 5.40. The summed E-state index contributed by atoms with van der Waals surface area (Å²) in [6.45, 7) is 3.09. The minimum absolute atomic E-state index is 0.0401. The van der Waals surface area contributed by atoms with Gasteiger partial charge in [-0.05, 0) is 37.5 Å². The molecule has 2 aliphatic heterocycles. The number of halogens is 2. The van der Waals surface area contributed by atoms with Crippen molar-refractivity contribution >= 4 is 40.8 Å². The average molecular weight is 474 g/mol. The van der Waals surface area contributed by atoms with E-state index < -0.39 is 6.10 Å². The molecule has 2 heterocycles. The molecule has 0 spiro atoms. The van der Waals surface area contributed by atoms with Gasteiger partial charge < -0.3 is 30.1 Å². The van der Waals surface area contributed by atoms with Crippen LogP contribution in [-0.4, -0.2) is 72.6 Å². The molecule has 0 saturated carbocycles. The Hall–Kier alpha value is -1.58. The molecule has 0 radical (unpaired) electrons. The van der Waals surface area contributed by atoms with Crippen molar-refractivity contribution in [1.29, 1.82) is 0 Å². The summed E-state index contributed by atoms with van der Waals surface area (Å²) >= 11 is 12.0. The van der Waals surface area contributed by atoms with Crippen LogP contribution >= 0.6 is 23.2 Å². The fourth-order valence-corrected chi connectivity index (χ4v) is 4.19. The second kappa shape index (κ2) is 11.3. The van der Waals surface area contributed by atoms with Gasteiger partial charge in [0, 0.05) is 12.2 Å². The topological polar surface area (TPSA) is 100 Å². The number of hydrogen-bond donors (Lipinski definition) is 3. The number of carbonyl (C=O) groups excluding carboxylic acids is 2. The van der Waals surface area contributed by atoms with E-state index in [1.807, 2.05) is 6.92 Å². The van der Waals surface area contributed by atoms with Gasteiger partial charge in [0.1, 0.15) is 6.10 Å². The number of anilines is 1. The molecule has 3 N–H and O–H groups in total. The molecule has 0 aliphatic carbocycles. The summed E-state index contributed by atoms with van der Waals surface area (Å²) in [7, 11) is 0. The quantitative estimate of drug-likeness (QED) is 0.609. The highest BCUT2D eigenvalue weighted by Crippen LogP contribution is 2.29.